The highest BCUT2D eigenvalue weighted by Crippen LogP contribution is 2.59. The quantitative estimate of drug-likeness (QED) is 0.614. The lowest BCUT2D eigenvalue weighted by molar-refractivity contribution is -0.123. The maximum atomic E-state index is 12.7. The van der Waals surface area contributed by atoms with E-state index in [4.69, 9.17) is 4.74 Å². The van der Waals surface area contributed by atoms with Crippen LogP contribution in [0.4, 0.5) is 0 Å². The van der Waals surface area contributed by atoms with Crippen LogP contribution in [0.25, 0.3) is 0 Å². The van der Waals surface area contributed by atoms with Gasteiger partial charge in [0.25, 0.3) is 0 Å². The van der Waals surface area contributed by atoms with Gasteiger partial charge in [0.1, 0.15) is 5.75 Å². The SMILES string of the molecule is C=C(C)[C@@H]1CC=C(CN2CCC3(CC2)C[C@H]3C(=O)NCCc2ccccc2OC)CC1. The standard InChI is InChI=1S/C27H38N2O2/c1-20(2)22-10-8-21(9-11-22)19-29-16-13-27(14-17-29)18-24(27)26(30)28-15-12-23-6-4-5-7-25(23)31-3/h4-8,22,24H,1,9-19H2,2-3H3,(H,28,30)/t22-,24+/m1/s1. The first-order valence-corrected chi connectivity index (χ1v) is 12.0. The zero-order valence-corrected chi connectivity index (χ0v) is 19.3. The summed E-state index contributed by atoms with van der Waals surface area (Å²) in [6.07, 6.45) is 10.3. The lowest BCUT2D eigenvalue weighted by Gasteiger charge is -2.34. The largest absolute Gasteiger partial charge is 0.496 e. The van der Waals surface area contributed by atoms with Crippen LogP contribution in [0.15, 0.2) is 48.1 Å². The van der Waals surface area contributed by atoms with Crippen LogP contribution in [0, 0.1) is 17.3 Å². The van der Waals surface area contributed by atoms with Gasteiger partial charge in [-0.1, -0.05) is 42.0 Å². The van der Waals surface area contributed by atoms with E-state index in [1.165, 1.54) is 37.7 Å². The first-order chi connectivity index (χ1) is 15.0. The van der Waals surface area contributed by atoms with Gasteiger partial charge in [-0.25, -0.2) is 0 Å². The summed E-state index contributed by atoms with van der Waals surface area (Å²) in [7, 11) is 1.70. The molecule has 4 heteroatoms. The molecule has 1 aromatic rings. The summed E-state index contributed by atoms with van der Waals surface area (Å²) in [4.78, 5) is 15.3. The number of likely N-dealkylation sites (tertiary alicyclic amines) is 1. The summed E-state index contributed by atoms with van der Waals surface area (Å²) in [6, 6.07) is 8.04. The van der Waals surface area contributed by atoms with Gasteiger partial charge in [-0.15, -0.1) is 0 Å². The summed E-state index contributed by atoms with van der Waals surface area (Å²) in [5.74, 6) is 2.05. The number of allylic oxidation sites excluding steroid dienone is 2. The van der Waals surface area contributed by atoms with E-state index >= 15 is 0 Å². The fourth-order valence-corrected chi connectivity index (χ4v) is 5.55. The van der Waals surface area contributed by atoms with Crippen molar-refractivity contribution in [3.05, 3.63) is 53.6 Å². The van der Waals surface area contributed by atoms with Crippen molar-refractivity contribution in [2.45, 2.75) is 51.9 Å². The lowest BCUT2D eigenvalue weighted by Crippen LogP contribution is -2.38. The second-order valence-corrected chi connectivity index (χ2v) is 9.93. The molecule has 0 aromatic heterocycles. The molecule has 2 atom stereocenters. The molecule has 0 radical (unpaired) electrons. The predicted molar refractivity (Wildman–Crippen MR) is 126 cm³/mol. The molecule has 2 fully saturated rings. The molecule has 0 bridgehead atoms. The number of piperidine rings is 1. The van der Waals surface area contributed by atoms with Gasteiger partial charge < -0.3 is 10.1 Å². The molecule has 2 aliphatic carbocycles. The minimum absolute atomic E-state index is 0.220. The van der Waals surface area contributed by atoms with Crippen molar-refractivity contribution in [2.24, 2.45) is 17.3 Å². The van der Waals surface area contributed by atoms with E-state index in [9.17, 15) is 4.79 Å². The normalized spacial score (nSPS) is 25.0. The Balaban J connectivity index is 1.18. The molecule has 4 rings (SSSR count). The Morgan fingerprint density at radius 2 is 2.06 bits per heavy atom. The second kappa shape index (κ2) is 9.60. The third kappa shape index (κ3) is 5.23. The number of carbonyl (C=O) groups excluding carboxylic acids is 1. The van der Waals surface area contributed by atoms with Crippen LogP contribution in [0.1, 0.15) is 51.0 Å². The molecule has 31 heavy (non-hydrogen) atoms. The molecule has 1 spiro atoms. The monoisotopic (exact) mass is 422 g/mol. The lowest BCUT2D eigenvalue weighted by atomic mass is 9.85. The average molecular weight is 423 g/mol. The van der Waals surface area contributed by atoms with E-state index in [0.717, 1.165) is 43.8 Å². The summed E-state index contributed by atoms with van der Waals surface area (Å²) in [5.41, 5.74) is 4.36. The molecule has 1 amide bonds. The molecule has 0 unspecified atom stereocenters. The fourth-order valence-electron chi connectivity index (χ4n) is 5.55. The Kier molecular flexibility index (Phi) is 6.86. The van der Waals surface area contributed by atoms with Crippen molar-refractivity contribution in [3.8, 4) is 5.75 Å². The molecule has 1 saturated heterocycles. The van der Waals surface area contributed by atoms with E-state index in [1.54, 1.807) is 12.7 Å². The molecule has 1 heterocycles. The van der Waals surface area contributed by atoms with Crippen LogP contribution >= 0.6 is 0 Å². The predicted octanol–water partition coefficient (Wildman–Crippen LogP) is 4.76. The first kappa shape index (κ1) is 22.1. The molecule has 1 saturated carbocycles. The van der Waals surface area contributed by atoms with Crippen molar-refractivity contribution in [1.29, 1.82) is 0 Å². The number of para-hydroxylation sites is 1. The third-order valence-corrected chi connectivity index (χ3v) is 7.87. The molecule has 1 N–H and O–H groups in total. The van der Waals surface area contributed by atoms with E-state index in [0.29, 0.717) is 12.5 Å². The van der Waals surface area contributed by atoms with Crippen molar-refractivity contribution in [2.75, 3.05) is 33.3 Å². The highest BCUT2D eigenvalue weighted by atomic mass is 16.5. The molecule has 4 nitrogen and oxygen atoms in total. The second-order valence-electron chi connectivity index (χ2n) is 9.93. The van der Waals surface area contributed by atoms with Crippen molar-refractivity contribution in [3.63, 3.8) is 0 Å². The van der Waals surface area contributed by atoms with Gasteiger partial charge in [0.2, 0.25) is 5.91 Å². The molecule has 3 aliphatic rings. The molecular formula is C27H38N2O2. The van der Waals surface area contributed by atoms with Gasteiger partial charge in [0.15, 0.2) is 0 Å². The van der Waals surface area contributed by atoms with E-state index in [-0.39, 0.29) is 17.2 Å². The Hall–Kier alpha value is -2.07. The van der Waals surface area contributed by atoms with Crippen LogP contribution in [0.3, 0.4) is 0 Å². The number of rotatable bonds is 8. The molecule has 168 valence electrons. The number of benzene rings is 1. The fraction of sp³-hybridized carbons (Fsp3) is 0.593. The molecular weight excluding hydrogens is 384 g/mol. The number of methoxy groups -OCH3 is 1. The number of nitrogens with one attached hydrogen (secondary N) is 1. The van der Waals surface area contributed by atoms with Crippen LogP contribution < -0.4 is 10.1 Å². The van der Waals surface area contributed by atoms with Crippen LogP contribution in [-0.2, 0) is 11.2 Å². The zero-order valence-electron chi connectivity index (χ0n) is 19.3. The number of nitrogens with zero attached hydrogens (tertiary/aromatic N) is 1. The Bertz CT molecular complexity index is 835. The van der Waals surface area contributed by atoms with Gasteiger partial charge in [0.05, 0.1) is 7.11 Å². The van der Waals surface area contributed by atoms with E-state index in [1.807, 2.05) is 18.2 Å². The Morgan fingerprint density at radius 3 is 2.74 bits per heavy atom. The summed E-state index contributed by atoms with van der Waals surface area (Å²) < 4.78 is 5.41. The highest BCUT2D eigenvalue weighted by molar-refractivity contribution is 5.82. The van der Waals surface area contributed by atoms with Gasteiger partial charge >= 0.3 is 0 Å². The van der Waals surface area contributed by atoms with Gasteiger partial charge in [0, 0.05) is 19.0 Å². The summed E-state index contributed by atoms with van der Waals surface area (Å²) in [5, 5.41) is 3.18. The number of ether oxygens (including phenoxy) is 1. The molecule has 1 aromatic carbocycles. The number of amides is 1. The average Bonchev–Trinajstić information content (AvgIpc) is 3.49. The van der Waals surface area contributed by atoms with E-state index in [2.05, 4.69) is 35.9 Å². The minimum atomic E-state index is 0.220. The van der Waals surface area contributed by atoms with Crippen molar-refractivity contribution < 1.29 is 9.53 Å². The summed E-state index contributed by atoms with van der Waals surface area (Å²) in [6.45, 7) is 10.3. The Labute approximate surface area is 187 Å². The van der Waals surface area contributed by atoms with Gasteiger partial charge in [-0.2, -0.15) is 0 Å². The van der Waals surface area contributed by atoms with Crippen LogP contribution in [-0.4, -0.2) is 44.1 Å². The number of hydrogen-bond acceptors (Lipinski definition) is 3. The first-order valence-electron chi connectivity index (χ1n) is 12.0. The molecule has 1 aliphatic heterocycles. The third-order valence-electron chi connectivity index (χ3n) is 7.87. The van der Waals surface area contributed by atoms with Crippen LogP contribution in [0.2, 0.25) is 0 Å². The maximum Gasteiger partial charge on any atom is 0.223 e. The number of hydrogen-bond donors (Lipinski definition) is 1. The minimum Gasteiger partial charge on any atom is -0.496 e. The zero-order chi connectivity index (χ0) is 21.8. The Morgan fingerprint density at radius 1 is 1.29 bits per heavy atom. The van der Waals surface area contributed by atoms with Gasteiger partial charge in [-0.05, 0) is 87.9 Å². The smallest absolute Gasteiger partial charge is 0.223 e. The van der Waals surface area contributed by atoms with E-state index < -0.39 is 0 Å². The summed E-state index contributed by atoms with van der Waals surface area (Å²) >= 11 is 0. The van der Waals surface area contributed by atoms with Crippen molar-refractivity contribution >= 4 is 5.91 Å². The van der Waals surface area contributed by atoms with Crippen molar-refractivity contribution in [1.82, 2.24) is 10.2 Å². The topological polar surface area (TPSA) is 41.6 Å². The van der Waals surface area contributed by atoms with Gasteiger partial charge in [-0.3, -0.25) is 9.69 Å². The highest BCUT2D eigenvalue weighted by Gasteiger charge is 2.58. The van der Waals surface area contributed by atoms with Crippen LogP contribution in [0.5, 0.6) is 5.75 Å². The number of carbonyl (C=O) groups is 1. The maximum absolute atomic E-state index is 12.7.